The van der Waals surface area contributed by atoms with Gasteiger partial charge in [-0.05, 0) is 31.1 Å². The minimum atomic E-state index is -0.343. The molecule has 1 unspecified atom stereocenters. The molecule has 0 fully saturated rings. The van der Waals surface area contributed by atoms with Crippen LogP contribution in [0.15, 0.2) is 49.3 Å². The molecule has 0 saturated carbocycles. The van der Waals surface area contributed by atoms with E-state index in [1.807, 2.05) is 23.0 Å². The van der Waals surface area contributed by atoms with E-state index in [4.69, 9.17) is 4.74 Å². The molecule has 0 aliphatic carbocycles. The van der Waals surface area contributed by atoms with Crippen LogP contribution in [0, 0.1) is 0 Å². The molecule has 2 aromatic rings. The quantitative estimate of drug-likeness (QED) is 0.509. The molecule has 2 rings (SSSR count). The van der Waals surface area contributed by atoms with Crippen LogP contribution in [-0.2, 0) is 4.74 Å². The predicted molar refractivity (Wildman–Crippen MR) is 99.6 cm³/mol. The number of halogens is 2. The van der Waals surface area contributed by atoms with Gasteiger partial charge in [0.25, 0.3) is 0 Å². The van der Waals surface area contributed by atoms with Crippen molar-refractivity contribution in [1.29, 1.82) is 0 Å². The van der Waals surface area contributed by atoms with E-state index in [-0.39, 0.29) is 36.9 Å². The van der Waals surface area contributed by atoms with Crippen molar-refractivity contribution in [1.82, 2.24) is 14.5 Å². The number of esters is 1. The van der Waals surface area contributed by atoms with Crippen molar-refractivity contribution in [3.8, 4) is 0 Å². The highest BCUT2D eigenvalue weighted by atomic mass is 35.5. The second-order valence-corrected chi connectivity index (χ2v) is 5.03. The summed E-state index contributed by atoms with van der Waals surface area (Å²) in [4.78, 5) is 20.1. The van der Waals surface area contributed by atoms with Crippen molar-refractivity contribution in [2.45, 2.75) is 38.7 Å². The summed E-state index contributed by atoms with van der Waals surface area (Å²) in [5, 5.41) is 0. The van der Waals surface area contributed by atoms with Gasteiger partial charge in [0.1, 0.15) is 6.10 Å². The van der Waals surface area contributed by atoms with Crippen LogP contribution in [-0.4, -0.2) is 26.6 Å². The van der Waals surface area contributed by atoms with E-state index in [0.29, 0.717) is 5.56 Å². The molecular formula is C17H23Cl2N3O2. The summed E-state index contributed by atoms with van der Waals surface area (Å²) in [6.07, 6.45) is 16.0. The number of carbonyl (C=O) groups is 1. The van der Waals surface area contributed by atoms with Crippen molar-refractivity contribution in [2.24, 2.45) is 0 Å². The van der Waals surface area contributed by atoms with Gasteiger partial charge in [-0.1, -0.05) is 19.8 Å². The van der Waals surface area contributed by atoms with Gasteiger partial charge >= 0.3 is 5.97 Å². The van der Waals surface area contributed by atoms with Crippen LogP contribution in [0.1, 0.15) is 43.0 Å². The molecule has 1 atom stereocenters. The summed E-state index contributed by atoms with van der Waals surface area (Å²) >= 11 is 0. The standard InChI is InChI=1S/C17H21N3O2.2ClH/c1-2-3-4-7-16(8-11-20-12-10-19-14-20)22-17(21)15-6-5-9-18-13-15;;/h5-6,8-14,16H,2-4,7H2,1H3;2*1H/b11-8+;;. The van der Waals surface area contributed by atoms with Gasteiger partial charge in [0.15, 0.2) is 0 Å². The first kappa shape index (κ1) is 22.1. The molecule has 0 aliphatic heterocycles. The Balaban J connectivity index is 0.00000264. The molecule has 7 heteroatoms. The Morgan fingerprint density at radius 3 is 2.75 bits per heavy atom. The fourth-order valence-electron chi connectivity index (χ4n) is 2.03. The zero-order chi connectivity index (χ0) is 15.6. The number of nitrogens with zero attached hydrogens (tertiary/aromatic N) is 3. The molecular weight excluding hydrogens is 349 g/mol. The number of carbonyl (C=O) groups excluding carboxylic acids is 1. The average molecular weight is 372 g/mol. The Labute approximate surface area is 155 Å². The number of ether oxygens (including phenoxy) is 1. The van der Waals surface area contributed by atoms with Crippen molar-refractivity contribution < 1.29 is 9.53 Å². The summed E-state index contributed by atoms with van der Waals surface area (Å²) in [5.74, 6) is -0.343. The van der Waals surface area contributed by atoms with Gasteiger partial charge < -0.3 is 9.30 Å². The summed E-state index contributed by atoms with van der Waals surface area (Å²) in [7, 11) is 0. The Hall–Kier alpha value is -1.85. The second kappa shape index (κ2) is 12.6. The molecule has 0 radical (unpaired) electrons. The molecule has 0 N–H and O–H groups in total. The third kappa shape index (κ3) is 7.62. The minimum Gasteiger partial charge on any atom is -0.454 e. The molecule has 0 spiro atoms. The lowest BCUT2D eigenvalue weighted by atomic mass is 10.1. The van der Waals surface area contributed by atoms with E-state index in [1.165, 1.54) is 6.20 Å². The van der Waals surface area contributed by atoms with Crippen LogP contribution in [0.25, 0.3) is 6.20 Å². The Morgan fingerprint density at radius 2 is 2.12 bits per heavy atom. The molecule has 0 aliphatic rings. The summed E-state index contributed by atoms with van der Waals surface area (Å²) in [5.41, 5.74) is 0.471. The number of hydrogen-bond acceptors (Lipinski definition) is 4. The fraction of sp³-hybridized carbons (Fsp3) is 0.353. The van der Waals surface area contributed by atoms with Crippen LogP contribution in [0.5, 0.6) is 0 Å². The second-order valence-electron chi connectivity index (χ2n) is 5.03. The maximum absolute atomic E-state index is 12.1. The lowest BCUT2D eigenvalue weighted by Crippen LogP contribution is -2.16. The van der Waals surface area contributed by atoms with Crippen molar-refractivity contribution in [3.63, 3.8) is 0 Å². The number of hydrogen-bond donors (Lipinski definition) is 0. The molecule has 2 aromatic heterocycles. The van der Waals surface area contributed by atoms with E-state index in [0.717, 1.165) is 25.7 Å². The maximum Gasteiger partial charge on any atom is 0.340 e. The van der Waals surface area contributed by atoms with Crippen LogP contribution >= 0.6 is 24.8 Å². The molecule has 132 valence electrons. The van der Waals surface area contributed by atoms with Crippen LogP contribution in [0.4, 0.5) is 0 Å². The van der Waals surface area contributed by atoms with Crippen molar-refractivity contribution >= 4 is 37.0 Å². The van der Waals surface area contributed by atoms with Gasteiger partial charge in [-0.15, -0.1) is 24.8 Å². The van der Waals surface area contributed by atoms with E-state index in [1.54, 1.807) is 30.9 Å². The minimum absolute atomic E-state index is 0. The molecule has 2 heterocycles. The molecule has 0 bridgehead atoms. The molecule has 0 saturated heterocycles. The third-order valence-corrected chi connectivity index (χ3v) is 3.25. The van der Waals surface area contributed by atoms with Crippen molar-refractivity contribution in [2.75, 3.05) is 0 Å². The fourth-order valence-corrected chi connectivity index (χ4v) is 2.03. The Bertz CT molecular complexity index is 589. The van der Waals surface area contributed by atoms with Gasteiger partial charge in [-0.25, -0.2) is 9.78 Å². The van der Waals surface area contributed by atoms with E-state index >= 15 is 0 Å². The first-order valence-corrected chi connectivity index (χ1v) is 7.56. The highest BCUT2D eigenvalue weighted by Crippen LogP contribution is 2.12. The van der Waals surface area contributed by atoms with Gasteiger partial charge in [0, 0.05) is 31.0 Å². The Morgan fingerprint density at radius 1 is 1.29 bits per heavy atom. The van der Waals surface area contributed by atoms with Crippen molar-refractivity contribution in [3.05, 3.63) is 54.9 Å². The van der Waals surface area contributed by atoms with Crippen LogP contribution < -0.4 is 0 Å². The molecule has 0 aromatic carbocycles. The van der Waals surface area contributed by atoms with E-state index in [2.05, 4.69) is 16.9 Å². The number of aromatic nitrogens is 3. The zero-order valence-electron chi connectivity index (χ0n) is 13.6. The first-order chi connectivity index (χ1) is 10.8. The summed E-state index contributed by atoms with van der Waals surface area (Å²) in [6.45, 7) is 2.15. The van der Waals surface area contributed by atoms with Gasteiger partial charge in [-0.2, -0.15) is 0 Å². The maximum atomic E-state index is 12.1. The highest BCUT2D eigenvalue weighted by Gasteiger charge is 2.13. The summed E-state index contributed by atoms with van der Waals surface area (Å²) in [6, 6.07) is 3.43. The molecule has 24 heavy (non-hydrogen) atoms. The molecule has 5 nitrogen and oxygen atoms in total. The molecule has 0 amide bonds. The normalized spacial score (nSPS) is 11.4. The summed E-state index contributed by atoms with van der Waals surface area (Å²) < 4.78 is 7.41. The third-order valence-electron chi connectivity index (χ3n) is 3.25. The van der Waals surface area contributed by atoms with Crippen LogP contribution in [0.3, 0.4) is 0 Å². The predicted octanol–water partition coefficient (Wildman–Crippen LogP) is 4.40. The monoisotopic (exact) mass is 371 g/mol. The number of unbranched alkanes of at least 4 members (excludes halogenated alkanes) is 2. The Kier molecular flexibility index (Phi) is 11.6. The largest absolute Gasteiger partial charge is 0.454 e. The lowest BCUT2D eigenvalue weighted by Gasteiger charge is -2.14. The topological polar surface area (TPSA) is 57.0 Å². The number of imidazole rings is 1. The lowest BCUT2D eigenvalue weighted by molar-refractivity contribution is 0.0377. The van der Waals surface area contributed by atoms with E-state index in [9.17, 15) is 4.79 Å². The van der Waals surface area contributed by atoms with Gasteiger partial charge in [0.2, 0.25) is 0 Å². The SMILES string of the molecule is CCCCCC(/C=C/n1ccnc1)OC(=O)c1cccnc1.Cl.Cl. The smallest absolute Gasteiger partial charge is 0.340 e. The first-order valence-electron chi connectivity index (χ1n) is 7.56. The zero-order valence-corrected chi connectivity index (χ0v) is 15.2. The van der Waals surface area contributed by atoms with Crippen LogP contribution in [0.2, 0.25) is 0 Å². The van der Waals surface area contributed by atoms with Gasteiger partial charge in [0.05, 0.1) is 11.9 Å². The number of rotatable bonds is 8. The highest BCUT2D eigenvalue weighted by molar-refractivity contribution is 5.89. The average Bonchev–Trinajstić information content (AvgIpc) is 3.07. The van der Waals surface area contributed by atoms with Gasteiger partial charge in [-0.3, -0.25) is 4.98 Å². The number of pyridine rings is 1. The van der Waals surface area contributed by atoms with E-state index < -0.39 is 0 Å².